The molecule has 0 unspecified atom stereocenters. The van der Waals surface area contributed by atoms with E-state index >= 15 is 0 Å². The summed E-state index contributed by atoms with van der Waals surface area (Å²) in [5.74, 6) is -0.461. The summed E-state index contributed by atoms with van der Waals surface area (Å²) in [4.78, 5) is 31.9. The Hall–Kier alpha value is -3.19. The largest absolute Gasteiger partial charge is 0.351 e. The van der Waals surface area contributed by atoms with Crippen molar-refractivity contribution >= 4 is 23.0 Å². The molecule has 7 heteroatoms. The maximum atomic E-state index is 12.8. The Bertz CT molecular complexity index is 993. The highest BCUT2D eigenvalue weighted by molar-refractivity contribution is 6.06. The number of carbonyl (C=O) groups is 2. The molecule has 0 spiro atoms. The van der Waals surface area contributed by atoms with Crippen molar-refractivity contribution in [2.24, 2.45) is 0 Å². The number of aromatic nitrogens is 2. The van der Waals surface area contributed by atoms with Crippen LogP contribution in [0.2, 0.25) is 0 Å². The molecule has 0 aliphatic heterocycles. The summed E-state index contributed by atoms with van der Waals surface area (Å²) in [5, 5.41) is 5.76. The van der Waals surface area contributed by atoms with Gasteiger partial charge in [-0.25, -0.2) is 4.98 Å². The number of fused-ring (bicyclic) bond motifs is 1. The lowest BCUT2D eigenvalue weighted by Gasteiger charge is -2.09. The zero-order valence-corrected chi connectivity index (χ0v) is 16.4. The van der Waals surface area contributed by atoms with Gasteiger partial charge in [0, 0.05) is 18.4 Å². The van der Waals surface area contributed by atoms with E-state index in [0.717, 1.165) is 24.2 Å². The average molecular weight is 379 g/mol. The molecule has 0 fully saturated rings. The van der Waals surface area contributed by atoms with Crippen molar-refractivity contribution < 1.29 is 9.59 Å². The number of carbonyl (C=O) groups excluding carboxylic acids is 2. The molecule has 0 radical (unpaired) electrons. The Kier molecular flexibility index (Phi) is 6.06. The first-order chi connectivity index (χ1) is 13.5. The Labute approximate surface area is 164 Å². The minimum Gasteiger partial charge on any atom is -0.351 e. The quantitative estimate of drug-likeness (QED) is 0.619. The van der Waals surface area contributed by atoms with Crippen molar-refractivity contribution in [1.82, 2.24) is 19.6 Å². The highest BCUT2D eigenvalue weighted by Gasteiger charge is 2.21. The summed E-state index contributed by atoms with van der Waals surface area (Å²) in [6.45, 7) is 3.35. The van der Waals surface area contributed by atoms with E-state index in [1.807, 2.05) is 51.4 Å². The summed E-state index contributed by atoms with van der Waals surface area (Å²) in [6, 6.07) is 12.9. The number of imidazole rings is 1. The number of anilines is 1. The van der Waals surface area contributed by atoms with Crippen LogP contribution in [0.3, 0.4) is 0 Å². The van der Waals surface area contributed by atoms with Crippen LogP contribution in [0.5, 0.6) is 0 Å². The van der Waals surface area contributed by atoms with E-state index in [1.54, 1.807) is 22.7 Å². The molecule has 0 bridgehead atoms. The van der Waals surface area contributed by atoms with Crippen LogP contribution in [0.4, 0.5) is 5.69 Å². The van der Waals surface area contributed by atoms with E-state index in [4.69, 9.17) is 0 Å². The maximum absolute atomic E-state index is 12.8. The van der Waals surface area contributed by atoms with Gasteiger partial charge >= 0.3 is 0 Å². The van der Waals surface area contributed by atoms with Crippen molar-refractivity contribution in [3.8, 4) is 0 Å². The van der Waals surface area contributed by atoms with Crippen molar-refractivity contribution in [2.75, 3.05) is 32.5 Å². The lowest BCUT2D eigenvalue weighted by molar-refractivity contribution is 0.0949. The Morgan fingerprint density at radius 3 is 2.57 bits per heavy atom. The van der Waals surface area contributed by atoms with Crippen LogP contribution in [0.15, 0.2) is 48.7 Å². The molecule has 0 aliphatic rings. The van der Waals surface area contributed by atoms with Gasteiger partial charge in [-0.15, -0.1) is 0 Å². The van der Waals surface area contributed by atoms with E-state index in [1.165, 1.54) is 0 Å². The minimum atomic E-state index is -0.359. The molecule has 0 saturated carbocycles. The molecule has 0 atom stereocenters. The monoisotopic (exact) mass is 379 g/mol. The van der Waals surface area contributed by atoms with Gasteiger partial charge in [-0.3, -0.25) is 14.0 Å². The van der Waals surface area contributed by atoms with Gasteiger partial charge in [0.2, 0.25) is 5.82 Å². The summed E-state index contributed by atoms with van der Waals surface area (Å²) < 4.78 is 1.64. The summed E-state index contributed by atoms with van der Waals surface area (Å²) >= 11 is 0. The van der Waals surface area contributed by atoms with Gasteiger partial charge in [0.15, 0.2) is 5.69 Å². The topological polar surface area (TPSA) is 78.7 Å². The molecule has 3 aromatic rings. The van der Waals surface area contributed by atoms with Crippen LogP contribution in [-0.2, 0) is 0 Å². The highest BCUT2D eigenvalue weighted by atomic mass is 16.2. The van der Waals surface area contributed by atoms with E-state index in [-0.39, 0.29) is 23.3 Å². The molecule has 7 nitrogen and oxygen atoms in total. The third-order valence-electron chi connectivity index (χ3n) is 4.43. The van der Waals surface area contributed by atoms with Crippen LogP contribution in [-0.4, -0.2) is 53.3 Å². The summed E-state index contributed by atoms with van der Waals surface area (Å²) in [5.41, 5.74) is 2.52. The van der Waals surface area contributed by atoms with Gasteiger partial charge < -0.3 is 15.5 Å². The molecule has 0 aliphatic carbocycles. The van der Waals surface area contributed by atoms with E-state index in [0.29, 0.717) is 12.1 Å². The Morgan fingerprint density at radius 2 is 1.82 bits per heavy atom. The lowest BCUT2D eigenvalue weighted by atomic mass is 10.2. The van der Waals surface area contributed by atoms with Crippen LogP contribution in [0.25, 0.3) is 5.52 Å². The van der Waals surface area contributed by atoms with Crippen molar-refractivity contribution in [3.05, 3.63) is 65.7 Å². The first kappa shape index (κ1) is 19.6. The second-order valence-electron chi connectivity index (χ2n) is 6.92. The number of nitrogens with zero attached hydrogens (tertiary/aromatic N) is 3. The number of para-hydroxylation sites is 1. The number of hydrogen-bond donors (Lipinski definition) is 2. The number of benzene rings is 1. The molecule has 2 N–H and O–H groups in total. The van der Waals surface area contributed by atoms with Gasteiger partial charge in [-0.05, 0) is 57.7 Å². The number of hydrogen-bond acceptors (Lipinski definition) is 4. The van der Waals surface area contributed by atoms with Gasteiger partial charge in [0.05, 0.1) is 5.52 Å². The molecule has 2 heterocycles. The normalized spacial score (nSPS) is 11.0. The number of nitrogens with one attached hydrogen (secondary N) is 2. The predicted octanol–water partition coefficient (Wildman–Crippen LogP) is 2.58. The van der Waals surface area contributed by atoms with Gasteiger partial charge in [-0.2, -0.15) is 0 Å². The van der Waals surface area contributed by atoms with Crippen molar-refractivity contribution in [3.63, 3.8) is 0 Å². The van der Waals surface area contributed by atoms with Crippen molar-refractivity contribution in [2.45, 2.75) is 13.3 Å². The number of amides is 2. The number of pyridine rings is 1. The Balaban J connectivity index is 1.83. The number of rotatable bonds is 7. The third kappa shape index (κ3) is 4.37. The maximum Gasteiger partial charge on any atom is 0.292 e. The van der Waals surface area contributed by atoms with Crippen molar-refractivity contribution in [1.29, 1.82) is 0 Å². The molecule has 28 heavy (non-hydrogen) atoms. The van der Waals surface area contributed by atoms with E-state index < -0.39 is 0 Å². The fourth-order valence-electron chi connectivity index (χ4n) is 2.94. The zero-order chi connectivity index (χ0) is 20.1. The zero-order valence-electron chi connectivity index (χ0n) is 16.4. The molecule has 2 amide bonds. The average Bonchev–Trinajstić information content (AvgIpc) is 3.07. The van der Waals surface area contributed by atoms with E-state index in [2.05, 4.69) is 20.5 Å². The molecular weight excluding hydrogens is 354 g/mol. The molecule has 2 aromatic heterocycles. The Morgan fingerprint density at radius 1 is 1.07 bits per heavy atom. The molecule has 3 rings (SSSR count). The van der Waals surface area contributed by atoms with Crippen LogP contribution < -0.4 is 10.6 Å². The minimum absolute atomic E-state index is 0.178. The fraction of sp³-hybridized carbons (Fsp3) is 0.286. The van der Waals surface area contributed by atoms with Crippen LogP contribution >= 0.6 is 0 Å². The highest BCUT2D eigenvalue weighted by Crippen LogP contribution is 2.17. The number of aryl methyl sites for hydroxylation is 1. The van der Waals surface area contributed by atoms with Crippen LogP contribution in [0.1, 0.15) is 33.1 Å². The third-order valence-corrected chi connectivity index (χ3v) is 4.43. The first-order valence-electron chi connectivity index (χ1n) is 9.24. The molecular formula is C21H25N5O2. The summed E-state index contributed by atoms with van der Waals surface area (Å²) in [7, 11) is 3.98. The lowest BCUT2D eigenvalue weighted by Crippen LogP contribution is -2.27. The molecule has 0 saturated heterocycles. The standard InChI is InChI=1S/C21H25N5O2/c1-15-9-4-5-10-16(15)23-21(28)19-24-18(17-11-6-7-14-26(17)19)20(27)22-12-8-13-25(2)3/h4-7,9-11,14H,8,12-13H2,1-3H3,(H,22,27)(H,23,28). The smallest absolute Gasteiger partial charge is 0.292 e. The van der Waals surface area contributed by atoms with E-state index in [9.17, 15) is 9.59 Å². The second-order valence-corrected chi connectivity index (χ2v) is 6.92. The van der Waals surface area contributed by atoms with Gasteiger partial charge in [-0.1, -0.05) is 24.3 Å². The molecule has 146 valence electrons. The van der Waals surface area contributed by atoms with Gasteiger partial charge in [0.25, 0.3) is 11.8 Å². The van der Waals surface area contributed by atoms with Gasteiger partial charge in [0.1, 0.15) is 0 Å². The SMILES string of the molecule is Cc1ccccc1NC(=O)c1nc(C(=O)NCCCN(C)C)c2ccccn12. The molecule has 1 aromatic carbocycles. The second kappa shape index (κ2) is 8.67. The predicted molar refractivity (Wildman–Crippen MR) is 110 cm³/mol. The fourth-order valence-corrected chi connectivity index (χ4v) is 2.94. The first-order valence-corrected chi connectivity index (χ1v) is 9.24. The summed E-state index contributed by atoms with van der Waals surface area (Å²) in [6.07, 6.45) is 2.57. The van der Waals surface area contributed by atoms with Crippen LogP contribution in [0, 0.1) is 6.92 Å².